The Morgan fingerprint density at radius 2 is 1.57 bits per heavy atom. The summed E-state index contributed by atoms with van der Waals surface area (Å²) in [6.45, 7) is 0. The van der Waals surface area contributed by atoms with Crippen molar-refractivity contribution in [3.63, 3.8) is 0 Å². The largest absolute Gasteiger partial charge is 0.506 e. The van der Waals surface area contributed by atoms with Gasteiger partial charge in [-0.3, -0.25) is 4.79 Å². The number of aromatic amines is 1. The van der Waals surface area contributed by atoms with Crippen molar-refractivity contribution in [1.29, 1.82) is 5.26 Å². The van der Waals surface area contributed by atoms with Crippen molar-refractivity contribution < 1.29 is 5.11 Å². The Hall–Kier alpha value is -4.24. The van der Waals surface area contributed by atoms with Gasteiger partial charge in [0, 0.05) is 10.9 Å². The van der Waals surface area contributed by atoms with Crippen LogP contribution in [0.2, 0.25) is 0 Å². The fourth-order valence-corrected chi connectivity index (χ4v) is 3.06. The number of nitrogens with zero attached hydrogens (tertiary/aromatic N) is 3. The molecule has 3 aromatic carbocycles. The van der Waals surface area contributed by atoms with E-state index in [2.05, 4.69) is 15.2 Å². The van der Waals surface area contributed by atoms with Gasteiger partial charge in [0.15, 0.2) is 0 Å². The number of aromatic hydroxyl groups is 1. The minimum Gasteiger partial charge on any atom is -0.506 e. The highest BCUT2D eigenvalue weighted by Crippen LogP contribution is 2.41. The van der Waals surface area contributed by atoms with Crippen LogP contribution >= 0.6 is 0 Å². The quantitative estimate of drug-likeness (QED) is 0.488. The van der Waals surface area contributed by atoms with E-state index in [1.165, 1.54) is 6.07 Å². The lowest BCUT2D eigenvalue weighted by Gasteiger charge is -2.11. The molecule has 0 unspecified atom stereocenters. The number of pyridine rings is 1. The lowest BCUT2D eigenvalue weighted by molar-refractivity contribution is 0.477. The van der Waals surface area contributed by atoms with Gasteiger partial charge >= 0.3 is 0 Å². The molecule has 6 nitrogen and oxygen atoms in total. The molecule has 6 heteroatoms. The maximum atomic E-state index is 12.4. The van der Waals surface area contributed by atoms with Crippen LogP contribution in [-0.2, 0) is 0 Å². The molecule has 0 spiro atoms. The number of hydrogen-bond donors (Lipinski definition) is 2. The SMILES string of the molecule is N#Cc1c(-c2ccccc2)c2c(N=Nc3ccccc3)c(O)ccc2[nH]c1=O. The number of nitrogens with one attached hydrogen (secondary N) is 1. The molecule has 2 N–H and O–H groups in total. The van der Waals surface area contributed by atoms with E-state index in [0.717, 1.165) is 0 Å². The first-order chi connectivity index (χ1) is 13.7. The van der Waals surface area contributed by atoms with E-state index in [9.17, 15) is 15.2 Å². The van der Waals surface area contributed by atoms with Crippen LogP contribution in [0.25, 0.3) is 22.0 Å². The van der Waals surface area contributed by atoms with Crippen LogP contribution in [0.1, 0.15) is 5.56 Å². The molecular weight excluding hydrogens is 352 g/mol. The van der Waals surface area contributed by atoms with E-state index in [0.29, 0.717) is 27.7 Å². The molecule has 0 aliphatic heterocycles. The molecule has 1 aromatic heterocycles. The Bertz CT molecular complexity index is 1290. The molecule has 28 heavy (non-hydrogen) atoms. The number of phenols is 1. The number of phenolic OH excluding ortho intramolecular Hbond substituents is 1. The fraction of sp³-hybridized carbons (Fsp3) is 0. The molecule has 0 saturated heterocycles. The van der Waals surface area contributed by atoms with Crippen LogP contribution < -0.4 is 5.56 Å². The first-order valence-electron chi connectivity index (χ1n) is 8.53. The molecule has 0 fully saturated rings. The summed E-state index contributed by atoms with van der Waals surface area (Å²) in [5.41, 5.74) is 1.82. The monoisotopic (exact) mass is 366 g/mol. The van der Waals surface area contributed by atoms with Gasteiger partial charge < -0.3 is 10.1 Å². The Morgan fingerprint density at radius 1 is 0.893 bits per heavy atom. The molecule has 0 radical (unpaired) electrons. The molecule has 0 amide bonds. The summed E-state index contributed by atoms with van der Waals surface area (Å²) in [6, 6.07) is 23.2. The predicted octanol–water partition coefficient (Wildman–Crippen LogP) is 5.19. The van der Waals surface area contributed by atoms with Gasteiger partial charge in [0.25, 0.3) is 5.56 Å². The van der Waals surface area contributed by atoms with Crippen molar-refractivity contribution in [3.8, 4) is 22.9 Å². The van der Waals surface area contributed by atoms with Crippen LogP contribution in [0, 0.1) is 11.3 Å². The highest BCUT2D eigenvalue weighted by molar-refractivity contribution is 6.05. The number of nitriles is 1. The maximum absolute atomic E-state index is 12.4. The highest BCUT2D eigenvalue weighted by atomic mass is 16.3. The molecule has 0 aliphatic rings. The normalized spacial score (nSPS) is 11.0. The van der Waals surface area contributed by atoms with E-state index in [1.54, 1.807) is 30.3 Å². The minimum atomic E-state index is -0.495. The Morgan fingerprint density at radius 3 is 2.25 bits per heavy atom. The summed E-state index contributed by atoms with van der Waals surface area (Å²) >= 11 is 0. The second-order valence-corrected chi connectivity index (χ2v) is 6.07. The number of H-pyrrole nitrogens is 1. The lowest BCUT2D eigenvalue weighted by Crippen LogP contribution is -2.12. The number of aromatic nitrogens is 1. The highest BCUT2D eigenvalue weighted by Gasteiger charge is 2.19. The maximum Gasteiger partial charge on any atom is 0.266 e. The van der Waals surface area contributed by atoms with Crippen molar-refractivity contribution >= 4 is 22.3 Å². The Kier molecular flexibility index (Phi) is 4.40. The third-order valence-corrected chi connectivity index (χ3v) is 4.33. The van der Waals surface area contributed by atoms with E-state index >= 15 is 0 Å². The lowest BCUT2D eigenvalue weighted by atomic mass is 9.95. The van der Waals surface area contributed by atoms with Gasteiger partial charge in [0.1, 0.15) is 23.1 Å². The van der Waals surface area contributed by atoms with E-state index in [-0.39, 0.29) is 17.0 Å². The molecule has 0 saturated carbocycles. The van der Waals surface area contributed by atoms with Gasteiger partial charge in [-0.05, 0) is 29.8 Å². The first-order valence-corrected chi connectivity index (χ1v) is 8.53. The zero-order chi connectivity index (χ0) is 19.5. The minimum absolute atomic E-state index is 0.0412. The molecule has 4 aromatic rings. The fourth-order valence-electron chi connectivity index (χ4n) is 3.06. The van der Waals surface area contributed by atoms with E-state index in [4.69, 9.17) is 0 Å². The summed E-state index contributed by atoms with van der Waals surface area (Å²) in [5.74, 6) is -0.0969. The van der Waals surface area contributed by atoms with Crippen LogP contribution in [0.3, 0.4) is 0 Å². The van der Waals surface area contributed by atoms with Gasteiger partial charge in [0.2, 0.25) is 0 Å². The van der Waals surface area contributed by atoms with Gasteiger partial charge in [-0.15, -0.1) is 5.11 Å². The molecule has 0 atom stereocenters. The number of fused-ring (bicyclic) bond motifs is 1. The van der Waals surface area contributed by atoms with E-state index < -0.39 is 5.56 Å². The third-order valence-electron chi connectivity index (χ3n) is 4.33. The zero-order valence-electron chi connectivity index (χ0n) is 14.6. The average Bonchev–Trinajstić information content (AvgIpc) is 2.73. The van der Waals surface area contributed by atoms with Crippen LogP contribution in [0.5, 0.6) is 5.75 Å². The number of hydrogen-bond acceptors (Lipinski definition) is 5. The Labute approximate surface area is 160 Å². The summed E-state index contributed by atoms with van der Waals surface area (Å²) in [5, 5.41) is 29.0. The van der Waals surface area contributed by atoms with Crippen LogP contribution in [-0.4, -0.2) is 10.1 Å². The summed E-state index contributed by atoms with van der Waals surface area (Å²) in [4.78, 5) is 15.1. The van der Waals surface area contributed by atoms with Gasteiger partial charge in [-0.1, -0.05) is 48.5 Å². The molecule has 134 valence electrons. The molecule has 4 rings (SSSR count). The molecule has 0 aliphatic carbocycles. The van der Waals surface area contributed by atoms with Gasteiger partial charge in [0.05, 0.1) is 11.2 Å². The van der Waals surface area contributed by atoms with Crippen molar-refractivity contribution in [2.24, 2.45) is 10.2 Å². The summed E-state index contributed by atoms with van der Waals surface area (Å²) in [6.07, 6.45) is 0. The predicted molar refractivity (Wildman–Crippen MR) is 107 cm³/mol. The van der Waals surface area contributed by atoms with Crippen molar-refractivity contribution in [1.82, 2.24) is 4.98 Å². The first kappa shape index (κ1) is 17.2. The Balaban J connectivity index is 2.08. The van der Waals surface area contributed by atoms with Gasteiger partial charge in [-0.25, -0.2) is 0 Å². The van der Waals surface area contributed by atoms with Crippen molar-refractivity contribution in [2.45, 2.75) is 0 Å². The van der Waals surface area contributed by atoms with Crippen molar-refractivity contribution in [3.05, 3.63) is 88.7 Å². The molecular formula is C22H14N4O2. The number of rotatable bonds is 3. The average molecular weight is 366 g/mol. The van der Waals surface area contributed by atoms with Crippen LogP contribution in [0.15, 0.2) is 87.8 Å². The molecule has 0 bridgehead atoms. The number of benzene rings is 3. The zero-order valence-corrected chi connectivity index (χ0v) is 14.6. The number of azo groups is 1. The van der Waals surface area contributed by atoms with Crippen LogP contribution in [0.4, 0.5) is 11.4 Å². The smallest absolute Gasteiger partial charge is 0.266 e. The third kappa shape index (κ3) is 3.02. The second kappa shape index (κ2) is 7.17. The second-order valence-electron chi connectivity index (χ2n) is 6.07. The van der Waals surface area contributed by atoms with E-state index in [1.807, 2.05) is 42.5 Å². The van der Waals surface area contributed by atoms with Crippen molar-refractivity contribution in [2.75, 3.05) is 0 Å². The molecule has 1 heterocycles. The summed E-state index contributed by atoms with van der Waals surface area (Å²) < 4.78 is 0. The van der Waals surface area contributed by atoms with Gasteiger partial charge in [-0.2, -0.15) is 10.4 Å². The standard InChI is InChI=1S/C22H14N4O2/c23-13-16-19(14-7-3-1-4-8-14)20-17(24-22(16)28)11-12-18(27)21(20)26-25-15-9-5-2-6-10-15/h1-12,27H,(H,24,28). The summed E-state index contributed by atoms with van der Waals surface area (Å²) in [7, 11) is 0. The topological polar surface area (TPSA) is 102 Å².